The lowest BCUT2D eigenvalue weighted by Gasteiger charge is -2.42. The number of fused-ring (bicyclic) bond motifs is 3. The number of ether oxygens (including phenoxy) is 3. The molecule has 1 atom stereocenters. The Balaban J connectivity index is 1.37. The molecule has 8 heteroatoms. The molecule has 1 aliphatic carbocycles. The van der Waals surface area contributed by atoms with Crippen molar-refractivity contribution in [3.63, 3.8) is 0 Å². The van der Waals surface area contributed by atoms with Crippen molar-refractivity contribution in [3.8, 4) is 11.1 Å². The highest BCUT2D eigenvalue weighted by Crippen LogP contribution is 2.44. The van der Waals surface area contributed by atoms with Gasteiger partial charge in [-0.15, -0.1) is 0 Å². The van der Waals surface area contributed by atoms with Gasteiger partial charge < -0.3 is 24.4 Å². The van der Waals surface area contributed by atoms with Gasteiger partial charge in [-0.2, -0.15) is 0 Å². The van der Waals surface area contributed by atoms with E-state index < -0.39 is 29.8 Å². The summed E-state index contributed by atoms with van der Waals surface area (Å²) in [5.74, 6) is -0.955. The fraction of sp³-hybridized carbons (Fsp3) is 0.423. The Morgan fingerprint density at radius 1 is 1.00 bits per heavy atom. The highest BCUT2D eigenvalue weighted by atomic mass is 16.6. The van der Waals surface area contributed by atoms with Crippen LogP contribution in [0.1, 0.15) is 37.8 Å². The molecule has 2 aromatic carbocycles. The number of benzene rings is 2. The van der Waals surface area contributed by atoms with Crippen LogP contribution < -0.4 is 5.32 Å². The highest BCUT2D eigenvalue weighted by molar-refractivity contribution is 5.83. The van der Waals surface area contributed by atoms with Gasteiger partial charge in [-0.1, -0.05) is 48.5 Å². The largest absolute Gasteiger partial charge is 0.467 e. The Morgan fingerprint density at radius 2 is 1.56 bits per heavy atom. The van der Waals surface area contributed by atoms with E-state index in [1.807, 2.05) is 36.4 Å². The first-order valence-corrected chi connectivity index (χ1v) is 11.3. The number of alkyl carbamates (subject to hydrolysis) is 1. The summed E-state index contributed by atoms with van der Waals surface area (Å²) in [6.45, 7) is 6.06. The minimum absolute atomic E-state index is 0.0823. The van der Waals surface area contributed by atoms with Gasteiger partial charge in [0.05, 0.1) is 7.11 Å². The molecule has 1 heterocycles. The Bertz CT molecular complexity index is 1040. The quantitative estimate of drug-likeness (QED) is 0.530. The second-order valence-electron chi connectivity index (χ2n) is 9.62. The summed E-state index contributed by atoms with van der Waals surface area (Å²) in [5, 5.41) is 2.63. The number of carbonyl (C=O) groups is 3. The van der Waals surface area contributed by atoms with E-state index in [1.165, 1.54) is 12.0 Å². The van der Waals surface area contributed by atoms with Crippen LogP contribution in [-0.4, -0.2) is 61.5 Å². The molecule has 0 aromatic heterocycles. The van der Waals surface area contributed by atoms with Crippen LogP contribution in [0.2, 0.25) is 0 Å². The molecule has 1 fully saturated rings. The fourth-order valence-corrected chi connectivity index (χ4v) is 4.46. The molecule has 1 saturated heterocycles. The van der Waals surface area contributed by atoms with Crippen LogP contribution in [0.25, 0.3) is 11.1 Å². The molecule has 4 rings (SSSR count). The molecule has 0 spiro atoms. The second-order valence-corrected chi connectivity index (χ2v) is 9.62. The third-order valence-corrected chi connectivity index (χ3v) is 6.11. The van der Waals surface area contributed by atoms with E-state index in [-0.39, 0.29) is 31.5 Å². The highest BCUT2D eigenvalue weighted by Gasteiger charge is 2.43. The molecule has 0 bridgehead atoms. The van der Waals surface area contributed by atoms with E-state index in [1.54, 1.807) is 20.8 Å². The van der Waals surface area contributed by atoms with Gasteiger partial charge in [0.2, 0.25) is 0 Å². The van der Waals surface area contributed by atoms with Gasteiger partial charge in [-0.3, -0.25) is 0 Å². The SMILES string of the molecule is COC(=O)C(NC(=O)OCC1c2ccccc2-c2ccccc21)C1CN(C(=O)OC(C)(C)C)C1. The van der Waals surface area contributed by atoms with E-state index in [2.05, 4.69) is 17.4 Å². The molecule has 34 heavy (non-hydrogen) atoms. The van der Waals surface area contributed by atoms with Crippen molar-refractivity contribution in [3.05, 3.63) is 59.7 Å². The number of nitrogens with one attached hydrogen (secondary N) is 1. The molecule has 1 aliphatic heterocycles. The van der Waals surface area contributed by atoms with Crippen molar-refractivity contribution in [1.29, 1.82) is 0 Å². The third-order valence-electron chi connectivity index (χ3n) is 6.11. The van der Waals surface area contributed by atoms with Gasteiger partial charge >= 0.3 is 18.2 Å². The van der Waals surface area contributed by atoms with Crippen molar-refractivity contribution in [1.82, 2.24) is 10.2 Å². The standard InChI is InChI=1S/C26H30N2O6/c1-26(2,3)34-25(31)28-13-16(14-28)22(23(29)32-4)27-24(30)33-15-21-19-11-7-5-9-17(19)18-10-6-8-12-20(18)21/h5-12,16,21-22H,13-15H2,1-4H3,(H,27,30). The average molecular weight is 467 g/mol. The Hall–Kier alpha value is -3.55. The molecule has 2 aromatic rings. The van der Waals surface area contributed by atoms with Crippen molar-refractivity contribution in [2.75, 3.05) is 26.8 Å². The smallest absolute Gasteiger partial charge is 0.410 e. The summed E-state index contributed by atoms with van der Waals surface area (Å²) in [4.78, 5) is 38.7. The van der Waals surface area contributed by atoms with Crippen molar-refractivity contribution in [2.45, 2.75) is 38.3 Å². The molecule has 0 radical (unpaired) electrons. The third kappa shape index (κ3) is 4.85. The molecule has 180 valence electrons. The van der Waals surface area contributed by atoms with Crippen LogP contribution in [0.15, 0.2) is 48.5 Å². The van der Waals surface area contributed by atoms with Crippen molar-refractivity contribution >= 4 is 18.2 Å². The molecule has 1 N–H and O–H groups in total. The van der Waals surface area contributed by atoms with Crippen LogP contribution in [-0.2, 0) is 19.0 Å². The van der Waals surface area contributed by atoms with Gasteiger partial charge in [-0.05, 0) is 43.0 Å². The van der Waals surface area contributed by atoms with Crippen LogP contribution in [0.3, 0.4) is 0 Å². The fourth-order valence-electron chi connectivity index (χ4n) is 4.46. The number of hydrogen-bond donors (Lipinski definition) is 1. The first kappa shape index (κ1) is 23.6. The zero-order valence-corrected chi connectivity index (χ0v) is 19.9. The lowest BCUT2D eigenvalue weighted by molar-refractivity contribution is -0.146. The average Bonchev–Trinajstić information content (AvgIpc) is 3.08. The topological polar surface area (TPSA) is 94.2 Å². The van der Waals surface area contributed by atoms with Crippen molar-refractivity contribution < 1.29 is 28.6 Å². The Labute approximate surface area is 199 Å². The zero-order chi connectivity index (χ0) is 24.5. The number of esters is 1. The Morgan fingerprint density at radius 3 is 2.09 bits per heavy atom. The maximum Gasteiger partial charge on any atom is 0.410 e. The number of carbonyl (C=O) groups excluding carboxylic acids is 3. The van der Waals surface area contributed by atoms with E-state index in [0.29, 0.717) is 0 Å². The van der Waals surface area contributed by atoms with Crippen LogP contribution in [0.5, 0.6) is 0 Å². The summed E-state index contributed by atoms with van der Waals surface area (Å²) < 4.78 is 15.8. The summed E-state index contributed by atoms with van der Waals surface area (Å²) in [5.41, 5.74) is 3.87. The molecule has 2 amide bonds. The predicted octanol–water partition coefficient (Wildman–Crippen LogP) is 3.93. The molecular weight excluding hydrogens is 436 g/mol. The first-order valence-electron chi connectivity index (χ1n) is 11.3. The lowest BCUT2D eigenvalue weighted by atomic mass is 9.92. The molecule has 1 unspecified atom stereocenters. The second kappa shape index (κ2) is 9.37. The lowest BCUT2D eigenvalue weighted by Crippen LogP contribution is -2.61. The van der Waals surface area contributed by atoms with Crippen LogP contribution in [0, 0.1) is 5.92 Å². The maximum atomic E-state index is 12.7. The summed E-state index contributed by atoms with van der Waals surface area (Å²) in [6, 6.07) is 15.2. The van der Waals surface area contributed by atoms with E-state index in [4.69, 9.17) is 14.2 Å². The normalized spacial score (nSPS) is 16.1. The molecular formula is C26H30N2O6. The maximum absolute atomic E-state index is 12.7. The Kier molecular flexibility index (Phi) is 6.50. The zero-order valence-electron chi connectivity index (χ0n) is 19.9. The summed E-state index contributed by atoms with van der Waals surface area (Å²) in [6.07, 6.45) is -1.15. The van der Waals surface area contributed by atoms with Crippen LogP contribution in [0.4, 0.5) is 9.59 Å². The van der Waals surface area contributed by atoms with Gasteiger partial charge in [0.15, 0.2) is 0 Å². The van der Waals surface area contributed by atoms with Crippen molar-refractivity contribution in [2.24, 2.45) is 5.92 Å². The number of methoxy groups -OCH3 is 1. The minimum atomic E-state index is -0.917. The van der Waals surface area contributed by atoms with E-state index in [0.717, 1.165) is 22.3 Å². The number of rotatable bonds is 5. The number of amides is 2. The van der Waals surface area contributed by atoms with Gasteiger partial charge in [0, 0.05) is 24.9 Å². The minimum Gasteiger partial charge on any atom is -0.467 e. The number of hydrogen-bond acceptors (Lipinski definition) is 6. The van der Waals surface area contributed by atoms with Gasteiger partial charge in [0.25, 0.3) is 0 Å². The molecule has 8 nitrogen and oxygen atoms in total. The molecule has 2 aliphatic rings. The monoisotopic (exact) mass is 466 g/mol. The molecule has 0 saturated carbocycles. The summed E-state index contributed by atoms with van der Waals surface area (Å²) in [7, 11) is 1.26. The van der Waals surface area contributed by atoms with E-state index in [9.17, 15) is 14.4 Å². The summed E-state index contributed by atoms with van der Waals surface area (Å²) >= 11 is 0. The van der Waals surface area contributed by atoms with Gasteiger partial charge in [0.1, 0.15) is 18.2 Å². The predicted molar refractivity (Wildman–Crippen MR) is 125 cm³/mol. The van der Waals surface area contributed by atoms with Crippen LogP contribution >= 0.6 is 0 Å². The number of likely N-dealkylation sites (tertiary alicyclic amines) is 1. The number of nitrogens with zero attached hydrogens (tertiary/aromatic N) is 1. The van der Waals surface area contributed by atoms with E-state index >= 15 is 0 Å². The first-order chi connectivity index (χ1) is 16.2. The van der Waals surface area contributed by atoms with Gasteiger partial charge in [-0.25, -0.2) is 14.4 Å².